The molecule has 34 heavy (non-hydrogen) atoms. The van der Waals surface area contributed by atoms with Crippen LogP contribution in [-0.4, -0.2) is 33.7 Å². The summed E-state index contributed by atoms with van der Waals surface area (Å²) < 4.78 is 0. The molecule has 6 nitrogen and oxygen atoms in total. The molecule has 1 amide bonds. The average Bonchev–Trinajstić information content (AvgIpc) is 3.53. The first kappa shape index (κ1) is 23.8. The molecule has 1 aliphatic carbocycles. The lowest BCUT2D eigenvalue weighted by Crippen LogP contribution is -2.26. The van der Waals surface area contributed by atoms with E-state index in [9.17, 15) is 4.79 Å². The average molecular weight is 474 g/mol. The van der Waals surface area contributed by atoms with E-state index in [1.165, 1.54) is 0 Å². The number of amides is 1. The molecule has 1 aromatic heterocycles. The summed E-state index contributed by atoms with van der Waals surface area (Å²) in [5.74, 6) is 1.29. The molecule has 4 rings (SSSR count). The monoisotopic (exact) mass is 473 g/mol. The fourth-order valence-electron chi connectivity index (χ4n) is 3.46. The third kappa shape index (κ3) is 6.84. The number of hydrogen-bond acceptors (Lipinski definition) is 4. The number of amidine groups is 1. The Labute approximate surface area is 205 Å². The molecule has 0 atom stereocenters. The van der Waals surface area contributed by atoms with Crippen molar-refractivity contribution in [2.24, 2.45) is 4.99 Å². The van der Waals surface area contributed by atoms with Gasteiger partial charge in [-0.05, 0) is 62.6 Å². The van der Waals surface area contributed by atoms with E-state index in [0.717, 1.165) is 64.3 Å². The topological polar surface area (TPSA) is 82.2 Å². The van der Waals surface area contributed by atoms with Crippen LogP contribution < -0.4 is 10.6 Å². The number of allylic oxidation sites excluding steroid dienone is 2. The normalized spacial score (nSPS) is 14.6. The molecule has 176 valence electrons. The molecule has 1 fully saturated rings. The molecular formula is C27H31N5OS. The minimum atomic E-state index is 0.104. The summed E-state index contributed by atoms with van der Waals surface area (Å²) in [4.78, 5) is 18.1. The fourth-order valence-corrected chi connectivity index (χ4v) is 4.23. The fraction of sp³-hybridized carbons (Fsp3) is 0.296. The van der Waals surface area contributed by atoms with E-state index in [1.54, 1.807) is 11.8 Å². The molecule has 0 radical (unpaired) electrons. The molecule has 0 saturated heterocycles. The van der Waals surface area contributed by atoms with Crippen molar-refractivity contribution in [3.63, 3.8) is 0 Å². The summed E-state index contributed by atoms with van der Waals surface area (Å²) in [7, 11) is 0. The lowest BCUT2D eigenvalue weighted by atomic mass is 10.1. The zero-order valence-electron chi connectivity index (χ0n) is 19.7. The Morgan fingerprint density at radius 3 is 2.94 bits per heavy atom. The lowest BCUT2D eigenvalue weighted by Gasteiger charge is -2.11. The van der Waals surface area contributed by atoms with E-state index in [0.29, 0.717) is 11.8 Å². The van der Waals surface area contributed by atoms with Crippen LogP contribution >= 0.6 is 11.8 Å². The summed E-state index contributed by atoms with van der Waals surface area (Å²) in [6, 6.07) is 14.7. The first-order valence-corrected chi connectivity index (χ1v) is 12.8. The minimum Gasteiger partial charge on any atom is -0.353 e. The summed E-state index contributed by atoms with van der Waals surface area (Å²) in [6.45, 7) is 4.14. The van der Waals surface area contributed by atoms with E-state index < -0.39 is 0 Å². The number of carbonyl (C=O) groups is 1. The van der Waals surface area contributed by atoms with Crippen LogP contribution in [0.1, 0.15) is 45.1 Å². The number of H-pyrrole nitrogens is 1. The maximum absolute atomic E-state index is 12.1. The molecule has 1 aliphatic rings. The quantitative estimate of drug-likeness (QED) is 0.187. The van der Waals surface area contributed by atoms with Crippen molar-refractivity contribution in [1.82, 2.24) is 15.5 Å². The number of nitrogens with one attached hydrogen (secondary N) is 3. The number of benzene rings is 2. The molecule has 2 aromatic carbocycles. The number of anilines is 1. The number of rotatable bonds is 10. The van der Waals surface area contributed by atoms with Gasteiger partial charge in [0.1, 0.15) is 5.84 Å². The zero-order valence-corrected chi connectivity index (χ0v) is 20.5. The molecule has 1 saturated carbocycles. The molecule has 0 spiro atoms. The Bertz CT molecular complexity index is 1220. The van der Waals surface area contributed by atoms with Gasteiger partial charge >= 0.3 is 0 Å². The van der Waals surface area contributed by atoms with Gasteiger partial charge in [-0.1, -0.05) is 37.6 Å². The van der Waals surface area contributed by atoms with Gasteiger partial charge in [0.15, 0.2) is 0 Å². The van der Waals surface area contributed by atoms with Gasteiger partial charge in [-0.15, -0.1) is 11.8 Å². The van der Waals surface area contributed by atoms with Gasteiger partial charge in [-0.3, -0.25) is 9.89 Å². The second-order valence-electron chi connectivity index (χ2n) is 8.33. The van der Waals surface area contributed by atoms with Crippen LogP contribution in [0.25, 0.3) is 16.6 Å². The first-order valence-electron chi connectivity index (χ1n) is 11.8. The summed E-state index contributed by atoms with van der Waals surface area (Å²) >= 11 is 1.56. The maximum Gasteiger partial charge on any atom is 0.230 e. The Morgan fingerprint density at radius 1 is 1.26 bits per heavy atom. The third-order valence-electron chi connectivity index (χ3n) is 5.35. The number of unbranched alkanes of at least 4 members (excludes halogenated alkanes) is 1. The number of nitrogens with zero attached hydrogens (tertiary/aromatic N) is 2. The van der Waals surface area contributed by atoms with Crippen molar-refractivity contribution in [3.8, 4) is 0 Å². The van der Waals surface area contributed by atoms with E-state index in [4.69, 9.17) is 4.99 Å². The van der Waals surface area contributed by atoms with Gasteiger partial charge in [0.25, 0.3) is 0 Å². The third-order valence-corrected chi connectivity index (χ3v) is 6.34. The second-order valence-corrected chi connectivity index (χ2v) is 9.38. The molecule has 0 aliphatic heterocycles. The number of thioether (sulfide) groups is 1. The van der Waals surface area contributed by atoms with Crippen molar-refractivity contribution in [2.45, 2.75) is 50.5 Å². The SMILES string of the molecule is C/C=C\C(=NC(=CCCC)c1cccc(SCC(=O)NC2CC2)c1)Nc1ccc2[nH]ncc2c1. The van der Waals surface area contributed by atoms with Crippen molar-refractivity contribution in [3.05, 3.63) is 72.5 Å². The van der Waals surface area contributed by atoms with Crippen LogP contribution in [0.5, 0.6) is 0 Å². The summed E-state index contributed by atoms with van der Waals surface area (Å²) in [5.41, 5.74) is 3.90. The highest BCUT2D eigenvalue weighted by atomic mass is 32.2. The van der Waals surface area contributed by atoms with Gasteiger partial charge < -0.3 is 10.6 Å². The van der Waals surface area contributed by atoms with Gasteiger partial charge in [0, 0.05) is 27.6 Å². The Hall–Kier alpha value is -3.32. The number of carbonyl (C=O) groups excluding carboxylic acids is 1. The number of aliphatic imine (C=N–C) groups is 1. The first-order chi connectivity index (χ1) is 16.6. The number of hydrogen-bond donors (Lipinski definition) is 3. The number of aromatic nitrogens is 2. The maximum atomic E-state index is 12.1. The molecular weight excluding hydrogens is 442 g/mol. The van der Waals surface area contributed by atoms with Gasteiger partial charge in [0.2, 0.25) is 5.91 Å². The predicted octanol–water partition coefficient (Wildman–Crippen LogP) is 6.16. The lowest BCUT2D eigenvalue weighted by molar-refractivity contribution is -0.118. The Morgan fingerprint density at radius 2 is 2.15 bits per heavy atom. The van der Waals surface area contributed by atoms with Crippen LogP contribution in [0, 0.1) is 0 Å². The van der Waals surface area contributed by atoms with E-state index in [1.807, 2.05) is 49.5 Å². The van der Waals surface area contributed by atoms with Crippen molar-refractivity contribution < 1.29 is 4.79 Å². The van der Waals surface area contributed by atoms with Crippen LogP contribution in [0.4, 0.5) is 5.69 Å². The van der Waals surface area contributed by atoms with Crippen LogP contribution in [-0.2, 0) is 4.79 Å². The number of fused-ring (bicyclic) bond motifs is 1. The van der Waals surface area contributed by atoms with Crippen molar-refractivity contribution in [2.75, 3.05) is 11.1 Å². The predicted molar refractivity (Wildman–Crippen MR) is 143 cm³/mol. The molecule has 1 heterocycles. The summed E-state index contributed by atoms with van der Waals surface area (Å²) in [6.07, 6.45) is 12.1. The van der Waals surface area contributed by atoms with Crippen molar-refractivity contribution in [1.29, 1.82) is 0 Å². The standard InChI is InChI=1S/C27H31N5OS/c1-3-5-10-24(19-8-6-9-23(16-19)34-18-27(33)30-21-11-12-21)31-26(7-4-2)29-22-13-14-25-20(15-22)17-28-32-25/h4,6-10,13-17,21H,3,5,11-12,18H2,1-2H3,(H,28,32)(H,29,31)(H,30,33)/b7-4-,24-10?. The van der Waals surface area contributed by atoms with E-state index >= 15 is 0 Å². The molecule has 0 unspecified atom stereocenters. The highest BCUT2D eigenvalue weighted by molar-refractivity contribution is 8.00. The van der Waals surface area contributed by atoms with Crippen LogP contribution in [0.15, 0.2) is 76.8 Å². The molecule has 3 N–H and O–H groups in total. The highest BCUT2D eigenvalue weighted by Gasteiger charge is 2.23. The zero-order chi connectivity index (χ0) is 23.8. The Balaban J connectivity index is 1.54. The minimum absolute atomic E-state index is 0.104. The Kier molecular flexibility index (Phi) is 8.20. The van der Waals surface area contributed by atoms with E-state index in [-0.39, 0.29) is 5.91 Å². The van der Waals surface area contributed by atoms with E-state index in [2.05, 4.69) is 52.0 Å². The largest absolute Gasteiger partial charge is 0.353 e. The summed E-state index contributed by atoms with van der Waals surface area (Å²) in [5, 5.41) is 14.6. The molecule has 0 bridgehead atoms. The van der Waals surface area contributed by atoms with Gasteiger partial charge in [-0.2, -0.15) is 5.10 Å². The van der Waals surface area contributed by atoms with Crippen LogP contribution in [0.2, 0.25) is 0 Å². The molecule has 7 heteroatoms. The van der Waals surface area contributed by atoms with Gasteiger partial charge in [0.05, 0.1) is 23.2 Å². The van der Waals surface area contributed by atoms with Gasteiger partial charge in [-0.25, -0.2) is 4.99 Å². The second kappa shape index (κ2) is 11.7. The smallest absolute Gasteiger partial charge is 0.230 e. The number of aromatic amines is 1. The highest BCUT2D eigenvalue weighted by Crippen LogP contribution is 2.26. The molecule has 3 aromatic rings. The van der Waals surface area contributed by atoms with Crippen molar-refractivity contribution >= 4 is 45.8 Å². The van der Waals surface area contributed by atoms with Crippen LogP contribution in [0.3, 0.4) is 0 Å².